The minimum atomic E-state index is 0.218. The molecule has 1 aliphatic carbocycles. The molecule has 1 heterocycles. The number of rotatable bonds is 5. The predicted molar refractivity (Wildman–Crippen MR) is 80.7 cm³/mol. The van der Waals surface area contributed by atoms with Crippen molar-refractivity contribution in [2.75, 3.05) is 6.54 Å². The molecule has 19 heavy (non-hydrogen) atoms. The van der Waals surface area contributed by atoms with Gasteiger partial charge in [-0.15, -0.1) is 11.3 Å². The molecule has 1 fully saturated rings. The van der Waals surface area contributed by atoms with Gasteiger partial charge < -0.3 is 5.32 Å². The van der Waals surface area contributed by atoms with Crippen LogP contribution in [0, 0.1) is 0 Å². The van der Waals surface area contributed by atoms with Crippen LogP contribution in [0.3, 0.4) is 0 Å². The summed E-state index contributed by atoms with van der Waals surface area (Å²) in [4.78, 5) is 6.05. The topological polar surface area (TPSA) is 24.9 Å². The minimum Gasteiger partial charge on any atom is -0.310 e. The molecule has 1 saturated carbocycles. The van der Waals surface area contributed by atoms with E-state index in [0.29, 0.717) is 6.04 Å². The van der Waals surface area contributed by atoms with E-state index in [4.69, 9.17) is 4.98 Å². The lowest BCUT2D eigenvalue weighted by molar-refractivity contribution is 0.606. The number of nitrogens with one attached hydrogen (secondary N) is 1. The van der Waals surface area contributed by atoms with Gasteiger partial charge in [-0.3, -0.25) is 0 Å². The van der Waals surface area contributed by atoms with Crippen LogP contribution in [0.2, 0.25) is 0 Å². The molecule has 1 aromatic carbocycles. The summed E-state index contributed by atoms with van der Waals surface area (Å²) in [5.41, 5.74) is 1.64. The summed E-state index contributed by atoms with van der Waals surface area (Å²) in [7, 11) is 0. The van der Waals surface area contributed by atoms with Crippen LogP contribution < -0.4 is 5.32 Å². The molecule has 2 nitrogen and oxygen atoms in total. The third kappa shape index (κ3) is 2.33. The van der Waals surface area contributed by atoms with Gasteiger partial charge in [0.25, 0.3) is 0 Å². The molecule has 2 aromatic rings. The zero-order valence-electron chi connectivity index (χ0n) is 11.5. The van der Waals surface area contributed by atoms with Crippen LogP contribution in [-0.4, -0.2) is 11.5 Å². The normalized spacial score (nSPS) is 18.2. The molecule has 1 atom stereocenters. The van der Waals surface area contributed by atoms with Gasteiger partial charge in [0, 0.05) is 22.5 Å². The molecular weight excluding hydrogens is 252 g/mol. The zero-order chi connectivity index (χ0) is 13.3. The second-order valence-electron chi connectivity index (χ2n) is 5.30. The van der Waals surface area contributed by atoms with Gasteiger partial charge in [-0.1, -0.05) is 37.3 Å². The standard InChI is InChI=1S/C16H20N2S/c1-3-17-12(2)14-11-18-15(19-14)16(9-10-16)13-7-5-4-6-8-13/h4-8,11-12,17H,3,9-10H2,1-2H3. The molecule has 0 radical (unpaired) electrons. The molecule has 1 aliphatic rings. The first-order valence-electron chi connectivity index (χ1n) is 7.01. The fourth-order valence-corrected chi connectivity index (χ4v) is 3.83. The minimum absolute atomic E-state index is 0.218. The Kier molecular flexibility index (Phi) is 3.42. The van der Waals surface area contributed by atoms with E-state index in [1.165, 1.54) is 28.3 Å². The van der Waals surface area contributed by atoms with Crippen molar-refractivity contribution in [2.24, 2.45) is 0 Å². The van der Waals surface area contributed by atoms with Crippen molar-refractivity contribution in [1.29, 1.82) is 0 Å². The number of aromatic nitrogens is 1. The maximum atomic E-state index is 4.71. The van der Waals surface area contributed by atoms with E-state index in [0.717, 1.165) is 6.54 Å². The van der Waals surface area contributed by atoms with Crippen molar-refractivity contribution in [2.45, 2.75) is 38.1 Å². The SMILES string of the molecule is CCNC(C)c1cnc(C2(c3ccccc3)CC2)s1. The van der Waals surface area contributed by atoms with Crippen molar-refractivity contribution in [1.82, 2.24) is 10.3 Å². The molecule has 3 rings (SSSR count). The smallest absolute Gasteiger partial charge is 0.103 e. The Hall–Kier alpha value is -1.19. The van der Waals surface area contributed by atoms with Crippen molar-refractivity contribution in [3.63, 3.8) is 0 Å². The second kappa shape index (κ2) is 5.06. The van der Waals surface area contributed by atoms with E-state index in [-0.39, 0.29) is 5.41 Å². The second-order valence-corrected chi connectivity index (χ2v) is 6.36. The van der Waals surface area contributed by atoms with Gasteiger partial charge in [-0.25, -0.2) is 4.98 Å². The first-order valence-corrected chi connectivity index (χ1v) is 7.83. The van der Waals surface area contributed by atoms with E-state index in [1.54, 1.807) is 0 Å². The summed E-state index contributed by atoms with van der Waals surface area (Å²) >= 11 is 1.87. The highest BCUT2D eigenvalue weighted by atomic mass is 32.1. The summed E-state index contributed by atoms with van der Waals surface area (Å²) in [6.45, 7) is 5.35. The van der Waals surface area contributed by atoms with Gasteiger partial charge in [0.05, 0.1) is 0 Å². The molecule has 1 N–H and O–H groups in total. The van der Waals surface area contributed by atoms with Crippen molar-refractivity contribution in [3.05, 3.63) is 52.0 Å². The van der Waals surface area contributed by atoms with Crippen LogP contribution in [0.15, 0.2) is 36.5 Å². The average molecular weight is 272 g/mol. The lowest BCUT2D eigenvalue weighted by Crippen LogP contribution is -2.16. The molecule has 0 aliphatic heterocycles. The van der Waals surface area contributed by atoms with Crippen LogP contribution in [0.25, 0.3) is 0 Å². The largest absolute Gasteiger partial charge is 0.310 e. The van der Waals surface area contributed by atoms with Crippen molar-refractivity contribution >= 4 is 11.3 Å². The van der Waals surface area contributed by atoms with E-state index >= 15 is 0 Å². The number of benzene rings is 1. The predicted octanol–water partition coefficient (Wildman–Crippen LogP) is 3.89. The van der Waals surface area contributed by atoms with Gasteiger partial charge in [0.2, 0.25) is 0 Å². The van der Waals surface area contributed by atoms with E-state index in [1.807, 2.05) is 11.3 Å². The van der Waals surface area contributed by atoms with Gasteiger partial charge in [0.1, 0.15) is 5.01 Å². The maximum Gasteiger partial charge on any atom is 0.103 e. The highest BCUT2D eigenvalue weighted by molar-refractivity contribution is 7.11. The number of thiazole rings is 1. The van der Waals surface area contributed by atoms with E-state index in [2.05, 4.69) is 55.7 Å². The molecule has 1 unspecified atom stereocenters. The van der Waals surface area contributed by atoms with Gasteiger partial charge >= 0.3 is 0 Å². The van der Waals surface area contributed by atoms with Gasteiger partial charge in [0.15, 0.2) is 0 Å². The zero-order valence-corrected chi connectivity index (χ0v) is 12.3. The summed E-state index contributed by atoms with van der Waals surface area (Å²) in [5, 5.41) is 4.75. The van der Waals surface area contributed by atoms with E-state index < -0.39 is 0 Å². The summed E-state index contributed by atoms with van der Waals surface area (Å²) in [5.74, 6) is 0. The Labute approximate surface area is 118 Å². The highest BCUT2D eigenvalue weighted by Crippen LogP contribution is 2.54. The van der Waals surface area contributed by atoms with Crippen LogP contribution in [0.4, 0.5) is 0 Å². The summed E-state index contributed by atoms with van der Waals surface area (Å²) in [6, 6.07) is 11.2. The molecule has 100 valence electrons. The van der Waals surface area contributed by atoms with Crippen LogP contribution in [-0.2, 0) is 5.41 Å². The quantitative estimate of drug-likeness (QED) is 0.893. The highest BCUT2D eigenvalue weighted by Gasteiger charge is 2.48. The van der Waals surface area contributed by atoms with Crippen LogP contribution >= 0.6 is 11.3 Å². The Balaban J connectivity index is 1.87. The third-order valence-electron chi connectivity index (χ3n) is 3.95. The molecule has 1 aromatic heterocycles. The maximum absolute atomic E-state index is 4.71. The Morgan fingerprint density at radius 2 is 2.05 bits per heavy atom. The van der Waals surface area contributed by atoms with E-state index in [9.17, 15) is 0 Å². The summed E-state index contributed by atoms with van der Waals surface area (Å²) in [6.07, 6.45) is 4.52. The molecule has 3 heteroatoms. The van der Waals surface area contributed by atoms with Crippen LogP contribution in [0.1, 0.15) is 48.2 Å². The number of hydrogen-bond acceptors (Lipinski definition) is 3. The Bertz CT molecular complexity index is 543. The van der Waals surface area contributed by atoms with Gasteiger partial charge in [-0.05, 0) is 31.9 Å². The van der Waals surface area contributed by atoms with Crippen LogP contribution in [0.5, 0.6) is 0 Å². The Morgan fingerprint density at radius 3 is 2.68 bits per heavy atom. The molecule has 0 amide bonds. The fraction of sp³-hybridized carbons (Fsp3) is 0.438. The van der Waals surface area contributed by atoms with Crippen molar-refractivity contribution < 1.29 is 0 Å². The lowest BCUT2D eigenvalue weighted by Gasteiger charge is -2.12. The third-order valence-corrected chi connectivity index (χ3v) is 5.33. The van der Waals surface area contributed by atoms with Crippen molar-refractivity contribution in [3.8, 4) is 0 Å². The number of nitrogens with zero attached hydrogens (tertiary/aromatic N) is 1. The molecule has 0 bridgehead atoms. The monoisotopic (exact) mass is 272 g/mol. The number of hydrogen-bond donors (Lipinski definition) is 1. The Morgan fingerprint density at radius 1 is 1.32 bits per heavy atom. The molecular formula is C16H20N2S. The fourth-order valence-electron chi connectivity index (χ4n) is 2.62. The summed E-state index contributed by atoms with van der Waals surface area (Å²) < 4.78 is 0. The van der Waals surface area contributed by atoms with Gasteiger partial charge in [-0.2, -0.15) is 0 Å². The molecule has 0 saturated heterocycles. The first kappa shape index (κ1) is 12.8. The lowest BCUT2D eigenvalue weighted by atomic mass is 9.97. The molecule has 0 spiro atoms. The average Bonchev–Trinajstić information content (AvgIpc) is 3.10. The first-order chi connectivity index (χ1) is 9.26.